The van der Waals surface area contributed by atoms with Crippen LogP contribution in [0, 0.1) is 0 Å². The molecule has 94 valence electrons. The van der Waals surface area contributed by atoms with Gasteiger partial charge in [0.25, 0.3) is 0 Å². The molecule has 0 amide bonds. The molecule has 1 aliphatic rings. The van der Waals surface area contributed by atoms with Gasteiger partial charge >= 0.3 is 0 Å². The van der Waals surface area contributed by atoms with Gasteiger partial charge in [0.05, 0.1) is 4.90 Å². The van der Waals surface area contributed by atoms with Crippen LogP contribution in [0.3, 0.4) is 0 Å². The topological polar surface area (TPSA) is 78.6 Å². The molecule has 0 saturated carbocycles. The molecule has 0 bridgehead atoms. The van der Waals surface area contributed by atoms with Gasteiger partial charge in [0.2, 0.25) is 6.79 Å². The van der Waals surface area contributed by atoms with Crippen molar-refractivity contribution in [3.8, 4) is 11.5 Å². The molecule has 2 N–H and O–H groups in total. The average Bonchev–Trinajstić information content (AvgIpc) is 2.59. The van der Waals surface area contributed by atoms with Gasteiger partial charge in [-0.2, -0.15) is 0 Å². The minimum absolute atomic E-state index is 0.104. The van der Waals surface area contributed by atoms with Gasteiger partial charge in [0, 0.05) is 17.9 Å². The molecule has 2 rings (SSSR count). The first kappa shape index (κ1) is 12.2. The Hall–Kier alpha value is -1.27. The molecule has 0 unspecified atom stereocenters. The largest absolute Gasteiger partial charge is 0.454 e. The molecule has 0 spiro atoms. The lowest BCUT2D eigenvalue weighted by molar-refractivity contribution is 0.174. The standard InChI is InChI=1S/C11H15NO4S/c1-11(2,12)7-4-8-9(16-6-15-8)5-10(7)17(3,13)14/h4-5H,6,12H2,1-3H3. The summed E-state index contributed by atoms with van der Waals surface area (Å²) in [6.07, 6.45) is 1.15. The summed E-state index contributed by atoms with van der Waals surface area (Å²) >= 11 is 0. The maximum Gasteiger partial charge on any atom is 0.231 e. The van der Waals surface area contributed by atoms with E-state index in [1.807, 2.05) is 0 Å². The van der Waals surface area contributed by atoms with Crippen LogP contribution in [-0.2, 0) is 15.4 Å². The van der Waals surface area contributed by atoms with Crippen LogP contribution in [0.15, 0.2) is 17.0 Å². The van der Waals surface area contributed by atoms with E-state index in [0.717, 1.165) is 6.26 Å². The zero-order valence-corrected chi connectivity index (χ0v) is 10.8. The highest BCUT2D eigenvalue weighted by Crippen LogP contribution is 2.39. The molecule has 0 aromatic heterocycles. The highest BCUT2D eigenvalue weighted by Gasteiger charge is 2.28. The third kappa shape index (κ3) is 2.23. The van der Waals surface area contributed by atoms with Crippen molar-refractivity contribution in [3.05, 3.63) is 17.7 Å². The highest BCUT2D eigenvalue weighted by atomic mass is 32.2. The van der Waals surface area contributed by atoms with Crippen molar-refractivity contribution in [1.29, 1.82) is 0 Å². The molecular formula is C11H15NO4S. The molecule has 0 radical (unpaired) electrons. The summed E-state index contributed by atoms with van der Waals surface area (Å²) in [7, 11) is -3.35. The third-order valence-electron chi connectivity index (χ3n) is 2.57. The number of benzene rings is 1. The quantitative estimate of drug-likeness (QED) is 0.855. The van der Waals surface area contributed by atoms with Crippen molar-refractivity contribution in [3.63, 3.8) is 0 Å². The molecule has 17 heavy (non-hydrogen) atoms. The number of ether oxygens (including phenoxy) is 2. The van der Waals surface area contributed by atoms with Gasteiger partial charge in [0.1, 0.15) is 0 Å². The molecule has 1 aromatic carbocycles. The van der Waals surface area contributed by atoms with E-state index in [1.165, 1.54) is 6.07 Å². The van der Waals surface area contributed by atoms with Crippen molar-refractivity contribution < 1.29 is 17.9 Å². The van der Waals surface area contributed by atoms with Crippen LogP contribution in [0.1, 0.15) is 19.4 Å². The maximum atomic E-state index is 11.7. The molecule has 1 aromatic rings. The second-order valence-corrected chi connectivity index (χ2v) is 6.68. The van der Waals surface area contributed by atoms with Crippen molar-refractivity contribution in [2.24, 2.45) is 5.73 Å². The number of sulfone groups is 1. The zero-order valence-electron chi connectivity index (χ0n) is 9.98. The van der Waals surface area contributed by atoms with Gasteiger partial charge in [-0.1, -0.05) is 0 Å². The van der Waals surface area contributed by atoms with Crippen molar-refractivity contribution >= 4 is 9.84 Å². The minimum atomic E-state index is -3.35. The van der Waals surface area contributed by atoms with Crippen LogP contribution in [0.4, 0.5) is 0 Å². The van der Waals surface area contributed by atoms with E-state index in [9.17, 15) is 8.42 Å². The molecule has 1 aliphatic heterocycles. The van der Waals surface area contributed by atoms with Gasteiger partial charge in [-0.15, -0.1) is 0 Å². The van der Waals surface area contributed by atoms with Gasteiger partial charge in [0.15, 0.2) is 21.3 Å². The number of hydrogen-bond donors (Lipinski definition) is 1. The number of fused-ring (bicyclic) bond motifs is 1. The van der Waals surface area contributed by atoms with Gasteiger partial charge in [-0.05, 0) is 25.5 Å². The summed E-state index contributed by atoms with van der Waals surface area (Å²) in [5.41, 5.74) is 5.75. The van der Waals surface area contributed by atoms with Crippen LogP contribution < -0.4 is 15.2 Å². The fourth-order valence-corrected chi connectivity index (χ4v) is 2.78. The molecule has 5 nitrogen and oxygen atoms in total. The predicted molar refractivity (Wildman–Crippen MR) is 62.9 cm³/mol. The van der Waals surface area contributed by atoms with Gasteiger partial charge < -0.3 is 15.2 Å². The molecule has 0 atom stereocenters. The minimum Gasteiger partial charge on any atom is -0.454 e. The summed E-state index contributed by atoms with van der Waals surface area (Å²) in [4.78, 5) is 0.189. The molecule has 0 saturated heterocycles. The first-order valence-corrected chi connectivity index (χ1v) is 7.02. The van der Waals surface area contributed by atoms with Crippen molar-refractivity contribution in [2.45, 2.75) is 24.3 Å². The maximum absolute atomic E-state index is 11.7. The third-order valence-corrected chi connectivity index (χ3v) is 3.71. The average molecular weight is 257 g/mol. The van der Waals surface area contributed by atoms with E-state index in [2.05, 4.69) is 0 Å². The fourth-order valence-electron chi connectivity index (χ4n) is 1.73. The van der Waals surface area contributed by atoms with E-state index >= 15 is 0 Å². The van der Waals surface area contributed by atoms with Crippen molar-refractivity contribution in [1.82, 2.24) is 0 Å². The van der Waals surface area contributed by atoms with E-state index in [-0.39, 0.29) is 11.7 Å². The summed E-state index contributed by atoms with van der Waals surface area (Å²) in [6.45, 7) is 3.60. The second-order valence-electron chi connectivity index (χ2n) is 4.70. The lowest BCUT2D eigenvalue weighted by Gasteiger charge is -2.22. The SMILES string of the molecule is CC(C)(N)c1cc2c(cc1S(C)(=O)=O)OCO2. The molecular weight excluding hydrogens is 242 g/mol. The fraction of sp³-hybridized carbons (Fsp3) is 0.455. The first-order valence-electron chi connectivity index (χ1n) is 5.12. The van der Waals surface area contributed by atoms with E-state index in [1.54, 1.807) is 19.9 Å². The Kier molecular flexibility index (Phi) is 2.59. The summed E-state index contributed by atoms with van der Waals surface area (Å²) in [5.74, 6) is 0.976. The summed E-state index contributed by atoms with van der Waals surface area (Å²) in [5, 5.41) is 0. The normalized spacial score (nSPS) is 15.1. The van der Waals surface area contributed by atoms with Crippen LogP contribution in [0.2, 0.25) is 0 Å². The molecule has 1 heterocycles. The Balaban J connectivity index is 2.73. The Labute approximate surface area is 100 Å². The number of nitrogens with two attached hydrogens (primary N) is 1. The van der Waals surface area contributed by atoms with E-state index in [4.69, 9.17) is 15.2 Å². The van der Waals surface area contributed by atoms with E-state index in [0.29, 0.717) is 17.1 Å². The Bertz CT molecular complexity index is 558. The van der Waals surface area contributed by atoms with Gasteiger partial charge in [-0.25, -0.2) is 8.42 Å². The van der Waals surface area contributed by atoms with Gasteiger partial charge in [-0.3, -0.25) is 0 Å². The summed E-state index contributed by atoms with van der Waals surface area (Å²) in [6, 6.07) is 3.11. The first-order chi connectivity index (χ1) is 7.69. The zero-order chi connectivity index (χ0) is 12.8. The Morgan fingerprint density at radius 2 is 1.76 bits per heavy atom. The number of rotatable bonds is 2. The summed E-state index contributed by atoms with van der Waals surface area (Å²) < 4.78 is 33.9. The van der Waals surface area contributed by atoms with Crippen LogP contribution >= 0.6 is 0 Å². The lowest BCUT2D eigenvalue weighted by Crippen LogP contribution is -2.30. The van der Waals surface area contributed by atoms with Crippen molar-refractivity contribution in [2.75, 3.05) is 13.0 Å². The number of hydrogen-bond acceptors (Lipinski definition) is 5. The highest BCUT2D eigenvalue weighted by molar-refractivity contribution is 7.90. The Morgan fingerprint density at radius 1 is 1.24 bits per heavy atom. The molecule has 0 aliphatic carbocycles. The van der Waals surface area contributed by atoms with Crippen LogP contribution in [-0.4, -0.2) is 21.5 Å². The molecule has 0 fully saturated rings. The predicted octanol–water partition coefficient (Wildman–Crippen LogP) is 1.01. The van der Waals surface area contributed by atoms with Crippen LogP contribution in [0.5, 0.6) is 11.5 Å². The molecule has 6 heteroatoms. The monoisotopic (exact) mass is 257 g/mol. The van der Waals surface area contributed by atoms with Crippen LogP contribution in [0.25, 0.3) is 0 Å². The van der Waals surface area contributed by atoms with E-state index < -0.39 is 15.4 Å². The Morgan fingerprint density at radius 3 is 2.24 bits per heavy atom. The second kappa shape index (κ2) is 3.61. The lowest BCUT2D eigenvalue weighted by atomic mass is 9.95. The smallest absolute Gasteiger partial charge is 0.231 e.